The molecular weight excluding hydrogens is 254 g/mol. The number of nitrogens with one attached hydrogen (secondary N) is 2. The Kier molecular flexibility index (Phi) is 2.87. The topological polar surface area (TPSA) is 24.1 Å². The van der Waals surface area contributed by atoms with Gasteiger partial charge in [-0.1, -0.05) is 0 Å². The van der Waals surface area contributed by atoms with Crippen LogP contribution >= 0.6 is 11.8 Å². The van der Waals surface area contributed by atoms with Gasteiger partial charge in [0.15, 0.2) is 11.6 Å². The number of fused-ring (bicyclic) bond motifs is 2. The zero-order valence-corrected chi connectivity index (χ0v) is 10.6. The second-order valence-electron chi connectivity index (χ2n) is 4.26. The average molecular weight is 266 g/mol. The van der Waals surface area contributed by atoms with Crippen molar-refractivity contribution in [2.45, 2.75) is 6.04 Å². The third-order valence-electron chi connectivity index (χ3n) is 3.22. The van der Waals surface area contributed by atoms with Crippen molar-refractivity contribution in [2.24, 2.45) is 0 Å². The predicted octanol–water partition coefficient (Wildman–Crippen LogP) is 0.633. The SMILES string of the molecule is CNC1CSC=C2NC=c3cc(F)c(F)cc3=C21. The molecule has 2 heterocycles. The molecule has 1 atom stereocenters. The van der Waals surface area contributed by atoms with Gasteiger partial charge < -0.3 is 10.6 Å². The Labute approximate surface area is 107 Å². The van der Waals surface area contributed by atoms with E-state index in [-0.39, 0.29) is 6.04 Å². The van der Waals surface area contributed by atoms with Gasteiger partial charge in [-0.25, -0.2) is 8.78 Å². The average Bonchev–Trinajstić information content (AvgIpc) is 2.39. The van der Waals surface area contributed by atoms with Crippen LogP contribution in [0.3, 0.4) is 0 Å². The van der Waals surface area contributed by atoms with E-state index in [9.17, 15) is 8.78 Å². The number of benzene rings is 1. The first-order valence-corrected chi connectivity index (χ1v) is 6.71. The lowest BCUT2D eigenvalue weighted by Gasteiger charge is -2.28. The summed E-state index contributed by atoms with van der Waals surface area (Å²) in [6, 6.07) is 2.65. The first kappa shape index (κ1) is 11.7. The van der Waals surface area contributed by atoms with Crippen molar-refractivity contribution in [3.05, 3.63) is 45.3 Å². The van der Waals surface area contributed by atoms with Gasteiger partial charge in [0.25, 0.3) is 0 Å². The Balaban J connectivity index is 2.37. The summed E-state index contributed by atoms with van der Waals surface area (Å²) < 4.78 is 26.7. The molecule has 18 heavy (non-hydrogen) atoms. The Morgan fingerprint density at radius 2 is 2.11 bits per heavy atom. The summed E-state index contributed by atoms with van der Waals surface area (Å²) in [5.74, 6) is -0.731. The summed E-state index contributed by atoms with van der Waals surface area (Å²) in [5.41, 5.74) is 1.97. The third-order valence-corrected chi connectivity index (χ3v) is 4.15. The molecule has 0 bridgehead atoms. The highest BCUT2D eigenvalue weighted by Gasteiger charge is 2.23. The normalized spacial score (nSPS) is 21.4. The van der Waals surface area contributed by atoms with Gasteiger partial charge in [-0.2, -0.15) is 0 Å². The van der Waals surface area contributed by atoms with Crippen molar-refractivity contribution in [3.63, 3.8) is 0 Å². The minimum atomic E-state index is -0.814. The van der Waals surface area contributed by atoms with E-state index >= 15 is 0 Å². The van der Waals surface area contributed by atoms with E-state index in [2.05, 4.69) is 10.6 Å². The highest BCUT2D eigenvalue weighted by Crippen LogP contribution is 2.26. The van der Waals surface area contributed by atoms with Crippen molar-refractivity contribution in [3.8, 4) is 0 Å². The van der Waals surface area contributed by atoms with Crippen LogP contribution < -0.4 is 21.1 Å². The van der Waals surface area contributed by atoms with Crippen molar-refractivity contribution in [2.75, 3.05) is 12.8 Å². The molecule has 0 radical (unpaired) electrons. The number of thioether (sulfide) groups is 1. The quantitative estimate of drug-likeness (QED) is 0.780. The summed E-state index contributed by atoms with van der Waals surface area (Å²) >= 11 is 1.70. The van der Waals surface area contributed by atoms with E-state index in [0.717, 1.165) is 22.2 Å². The van der Waals surface area contributed by atoms with Gasteiger partial charge >= 0.3 is 0 Å². The maximum absolute atomic E-state index is 13.4. The fourth-order valence-corrected chi connectivity index (χ4v) is 3.29. The Hall–Kier alpha value is -1.33. The lowest BCUT2D eigenvalue weighted by atomic mass is 9.98. The standard InChI is InChI=1S/C13H12F2N2S/c1-16-11-5-18-6-12-13(11)8-3-10(15)9(14)2-7(8)4-17-12/h2-4,6,11,16-17H,5H2,1H3. The van der Waals surface area contributed by atoms with Crippen LogP contribution in [0.4, 0.5) is 8.78 Å². The van der Waals surface area contributed by atoms with E-state index in [1.807, 2.05) is 12.5 Å². The largest absolute Gasteiger partial charge is 0.360 e. The summed E-state index contributed by atoms with van der Waals surface area (Å²) in [6.45, 7) is 0. The number of hydrogen-bond donors (Lipinski definition) is 2. The minimum Gasteiger partial charge on any atom is -0.360 e. The van der Waals surface area contributed by atoms with Crippen molar-refractivity contribution < 1.29 is 8.78 Å². The number of rotatable bonds is 1. The van der Waals surface area contributed by atoms with Crippen LogP contribution in [-0.2, 0) is 0 Å². The fourth-order valence-electron chi connectivity index (χ4n) is 2.30. The fraction of sp³-hybridized carbons (Fsp3) is 0.231. The predicted molar refractivity (Wildman–Crippen MR) is 70.0 cm³/mol. The molecule has 3 rings (SSSR count). The van der Waals surface area contributed by atoms with E-state index in [1.54, 1.807) is 18.0 Å². The zero-order valence-electron chi connectivity index (χ0n) is 9.76. The van der Waals surface area contributed by atoms with Crippen molar-refractivity contribution in [1.82, 2.24) is 10.6 Å². The lowest BCUT2D eigenvalue weighted by molar-refractivity contribution is 0.506. The Morgan fingerprint density at radius 3 is 2.89 bits per heavy atom. The molecule has 0 saturated carbocycles. The highest BCUT2D eigenvalue weighted by atomic mass is 32.2. The van der Waals surface area contributed by atoms with E-state index in [4.69, 9.17) is 0 Å². The molecule has 2 nitrogen and oxygen atoms in total. The smallest absolute Gasteiger partial charge is 0.159 e. The zero-order chi connectivity index (χ0) is 12.7. The van der Waals surface area contributed by atoms with Gasteiger partial charge in [0.05, 0.1) is 0 Å². The molecular formula is C13H12F2N2S. The first-order valence-electron chi connectivity index (χ1n) is 5.66. The molecule has 94 valence electrons. The van der Waals surface area contributed by atoms with Gasteiger partial charge in [0, 0.05) is 34.5 Å². The molecule has 2 aliphatic rings. The highest BCUT2D eigenvalue weighted by molar-refractivity contribution is 8.02. The first-order chi connectivity index (χ1) is 8.70. The molecule has 1 unspecified atom stereocenters. The van der Waals surface area contributed by atoms with Gasteiger partial charge in [-0.15, -0.1) is 11.8 Å². The number of halogens is 2. The molecule has 1 aromatic rings. The van der Waals surface area contributed by atoms with E-state index < -0.39 is 11.6 Å². The molecule has 1 aromatic carbocycles. The maximum Gasteiger partial charge on any atom is 0.159 e. The van der Waals surface area contributed by atoms with Crippen LogP contribution in [0.25, 0.3) is 11.8 Å². The van der Waals surface area contributed by atoms with Crippen LogP contribution in [0.1, 0.15) is 0 Å². The monoisotopic (exact) mass is 266 g/mol. The summed E-state index contributed by atoms with van der Waals surface area (Å²) in [6.07, 6.45) is 1.71. The molecule has 0 aromatic heterocycles. The Bertz CT molecular complexity index is 652. The van der Waals surface area contributed by atoms with Crippen LogP contribution in [-0.4, -0.2) is 18.8 Å². The Morgan fingerprint density at radius 1 is 1.33 bits per heavy atom. The summed E-state index contributed by atoms with van der Waals surface area (Å²) in [5, 5.41) is 9.82. The molecule has 0 fully saturated rings. The molecule has 0 aliphatic carbocycles. The van der Waals surface area contributed by atoms with Crippen LogP contribution in [0.15, 0.2) is 23.2 Å². The number of hydrogen-bond acceptors (Lipinski definition) is 3. The summed E-state index contributed by atoms with van der Waals surface area (Å²) in [7, 11) is 1.87. The van der Waals surface area contributed by atoms with Gasteiger partial charge in [-0.3, -0.25) is 0 Å². The third kappa shape index (κ3) is 1.74. The minimum absolute atomic E-state index is 0.139. The van der Waals surface area contributed by atoms with Crippen LogP contribution in [0.5, 0.6) is 0 Å². The van der Waals surface area contributed by atoms with Gasteiger partial charge in [0.1, 0.15) is 0 Å². The second-order valence-corrected chi connectivity index (χ2v) is 5.16. The van der Waals surface area contributed by atoms with Gasteiger partial charge in [0.2, 0.25) is 0 Å². The summed E-state index contributed by atoms with van der Waals surface area (Å²) in [4.78, 5) is 0. The maximum atomic E-state index is 13.4. The van der Waals surface area contributed by atoms with Crippen molar-refractivity contribution >= 4 is 23.5 Å². The molecule has 2 aliphatic heterocycles. The second kappa shape index (κ2) is 4.40. The molecule has 0 spiro atoms. The molecule has 0 saturated heterocycles. The van der Waals surface area contributed by atoms with E-state index in [0.29, 0.717) is 5.22 Å². The van der Waals surface area contributed by atoms with E-state index in [1.165, 1.54) is 12.1 Å². The van der Waals surface area contributed by atoms with Crippen LogP contribution in [0.2, 0.25) is 0 Å². The lowest BCUT2D eigenvalue weighted by Crippen LogP contribution is -2.45. The van der Waals surface area contributed by atoms with Crippen LogP contribution in [0, 0.1) is 11.6 Å². The molecule has 0 amide bonds. The molecule has 2 N–H and O–H groups in total. The van der Waals surface area contributed by atoms with Crippen molar-refractivity contribution in [1.29, 1.82) is 0 Å². The molecule has 5 heteroatoms. The van der Waals surface area contributed by atoms with Gasteiger partial charge in [-0.05, 0) is 29.8 Å².